The molecule has 3 rings (SSSR count). The van der Waals surface area contributed by atoms with Crippen LogP contribution in [-0.4, -0.2) is 73.1 Å². The number of nitrogens with zero attached hydrogens (tertiary/aromatic N) is 2. The van der Waals surface area contributed by atoms with Crippen LogP contribution in [0.2, 0.25) is 0 Å². The summed E-state index contributed by atoms with van der Waals surface area (Å²) < 4.78 is 17.4. The topological polar surface area (TPSA) is 88.5 Å². The molecule has 0 aliphatic carbocycles. The molecule has 41 heavy (non-hydrogen) atoms. The Kier molecular flexibility index (Phi) is 12.5. The van der Waals surface area contributed by atoms with Gasteiger partial charge in [0, 0.05) is 18.7 Å². The van der Waals surface area contributed by atoms with Crippen LogP contribution in [0.15, 0.2) is 48.0 Å². The van der Waals surface area contributed by atoms with Gasteiger partial charge < -0.3 is 29.1 Å². The van der Waals surface area contributed by atoms with Gasteiger partial charge in [0.05, 0.1) is 31.9 Å². The minimum atomic E-state index is -0.779. The van der Waals surface area contributed by atoms with E-state index in [2.05, 4.69) is 32.6 Å². The first-order valence-electron chi connectivity index (χ1n) is 14.9. The molecule has 8 heteroatoms. The standard InChI is InChI=1S/C33H46N2O6/c1-6-10-12-21-41-27-17-16-24(23-28(27)39-5)30-29(32(37)33(38)35(30)19-18-34(8-3)9-4)31(36)25-14-13-15-26(22-25)40-20-11-7-2/h13-17,22-23,30,36H,6-12,18-21H2,1-5H3/b31-29+. The smallest absolute Gasteiger partial charge is 0.295 e. The number of hydrogen-bond acceptors (Lipinski definition) is 7. The number of ketones is 1. The second-order valence-electron chi connectivity index (χ2n) is 10.2. The molecule has 0 aromatic heterocycles. The molecule has 2 aromatic carbocycles. The largest absolute Gasteiger partial charge is 0.507 e. The van der Waals surface area contributed by atoms with Gasteiger partial charge in [-0.15, -0.1) is 0 Å². The summed E-state index contributed by atoms with van der Waals surface area (Å²) in [6.45, 7) is 12.1. The van der Waals surface area contributed by atoms with Gasteiger partial charge in [-0.1, -0.05) is 65.2 Å². The van der Waals surface area contributed by atoms with Crippen molar-refractivity contribution in [3.8, 4) is 17.2 Å². The molecule has 0 radical (unpaired) electrons. The van der Waals surface area contributed by atoms with E-state index in [-0.39, 0.29) is 11.3 Å². The Hall–Kier alpha value is -3.52. The summed E-state index contributed by atoms with van der Waals surface area (Å²) in [5, 5.41) is 11.5. The van der Waals surface area contributed by atoms with Crippen molar-refractivity contribution >= 4 is 17.4 Å². The van der Waals surface area contributed by atoms with E-state index < -0.39 is 17.7 Å². The fraction of sp³-hybridized carbons (Fsp3) is 0.515. The molecular weight excluding hydrogens is 520 g/mol. The van der Waals surface area contributed by atoms with Gasteiger partial charge >= 0.3 is 0 Å². The molecule has 0 bridgehead atoms. The molecule has 1 fully saturated rings. The highest BCUT2D eigenvalue weighted by Crippen LogP contribution is 2.42. The fourth-order valence-electron chi connectivity index (χ4n) is 4.98. The number of aliphatic hydroxyl groups is 1. The van der Waals surface area contributed by atoms with Crippen molar-refractivity contribution in [2.75, 3.05) is 46.5 Å². The highest BCUT2D eigenvalue weighted by molar-refractivity contribution is 6.46. The van der Waals surface area contributed by atoms with Gasteiger partial charge in [0.15, 0.2) is 11.5 Å². The van der Waals surface area contributed by atoms with Crippen molar-refractivity contribution in [1.82, 2.24) is 9.80 Å². The van der Waals surface area contributed by atoms with Crippen LogP contribution >= 0.6 is 0 Å². The predicted octanol–water partition coefficient (Wildman–Crippen LogP) is 6.21. The quantitative estimate of drug-likeness (QED) is 0.105. The lowest BCUT2D eigenvalue weighted by molar-refractivity contribution is -0.140. The number of ether oxygens (including phenoxy) is 3. The van der Waals surface area contributed by atoms with Crippen molar-refractivity contribution in [2.45, 2.75) is 65.8 Å². The van der Waals surface area contributed by atoms with Crippen molar-refractivity contribution in [2.24, 2.45) is 0 Å². The van der Waals surface area contributed by atoms with E-state index in [1.165, 1.54) is 0 Å². The average molecular weight is 567 g/mol. The van der Waals surface area contributed by atoms with Crippen LogP contribution in [0, 0.1) is 0 Å². The second-order valence-corrected chi connectivity index (χ2v) is 10.2. The summed E-state index contributed by atoms with van der Waals surface area (Å²) in [6, 6.07) is 11.7. The minimum absolute atomic E-state index is 0.0546. The van der Waals surface area contributed by atoms with E-state index in [9.17, 15) is 14.7 Å². The predicted molar refractivity (Wildman–Crippen MR) is 162 cm³/mol. The summed E-state index contributed by atoms with van der Waals surface area (Å²) in [4.78, 5) is 30.7. The van der Waals surface area contributed by atoms with Crippen LogP contribution in [0.5, 0.6) is 17.2 Å². The van der Waals surface area contributed by atoms with E-state index >= 15 is 0 Å². The van der Waals surface area contributed by atoms with Gasteiger partial charge in [-0.3, -0.25) is 9.59 Å². The zero-order valence-electron chi connectivity index (χ0n) is 25.3. The van der Waals surface area contributed by atoms with E-state index in [1.807, 2.05) is 18.2 Å². The Morgan fingerprint density at radius 2 is 1.63 bits per heavy atom. The number of unbranched alkanes of at least 4 members (excludes halogenated alkanes) is 3. The van der Waals surface area contributed by atoms with Crippen LogP contribution in [0.4, 0.5) is 0 Å². The fourth-order valence-corrected chi connectivity index (χ4v) is 4.98. The molecule has 1 N–H and O–H groups in total. The lowest BCUT2D eigenvalue weighted by atomic mass is 9.95. The molecule has 0 saturated carbocycles. The lowest BCUT2D eigenvalue weighted by Gasteiger charge is -2.28. The van der Waals surface area contributed by atoms with Crippen molar-refractivity contribution in [1.29, 1.82) is 0 Å². The van der Waals surface area contributed by atoms with Crippen LogP contribution in [0.3, 0.4) is 0 Å². The number of amides is 1. The number of aliphatic hydroxyl groups excluding tert-OH is 1. The van der Waals surface area contributed by atoms with Gasteiger partial charge in [-0.2, -0.15) is 0 Å². The molecule has 0 spiro atoms. The number of carbonyl (C=O) groups is 2. The highest BCUT2D eigenvalue weighted by Gasteiger charge is 2.46. The van der Waals surface area contributed by atoms with Crippen LogP contribution < -0.4 is 14.2 Å². The number of Topliss-reactive ketones (excluding diaryl/α,β-unsaturated/α-hetero) is 1. The molecule has 1 amide bonds. The monoisotopic (exact) mass is 566 g/mol. The van der Waals surface area contributed by atoms with Crippen LogP contribution in [-0.2, 0) is 9.59 Å². The Morgan fingerprint density at radius 3 is 2.32 bits per heavy atom. The van der Waals surface area contributed by atoms with E-state index in [1.54, 1.807) is 36.3 Å². The van der Waals surface area contributed by atoms with Crippen molar-refractivity contribution < 1.29 is 28.9 Å². The molecular formula is C33H46N2O6. The molecule has 2 aromatic rings. The van der Waals surface area contributed by atoms with E-state index in [0.717, 1.165) is 45.2 Å². The molecule has 1 heterocycles. The average Bonchev–Trinajstić information content (AvgIpc) is 3.25. The van der Waals surface area contributed by atoms with Crippen LogP contribution in [0.1, 0.15) is 77.0 Å². The number of methoxy groups -OCH3 is 1. The molecule has 1 aliphatic heterocycles. The van der Waals surface area contributed by atoms with E-state index in [0.29, 0.717) is 54.7 Å². The Labute approximate surface area is 244 Å². The second kappa shape index (κ2) is 16.1. The third-order valence-corrected chi connectivity index (χ3v) is 7.47. The first-order valence-corrected chi connectivity index (χ1v) is 14.9. The maximum atomic E-state index is 13.5. The zero-order valence-corrected chi connectivity index (χ0v) is 25.3. The number of benzene rings is 2. The zero-order chi connectivity index (χ0) is 29.8. The molecule has 1 aliphatic rings. The summed E-state index contributed by atoms with van der Waals surface area (Å²) in [7, 11) is 1.57. The molecule has 1 saturated heterocycles. The number of likely N-dealkylation sites (tertiary alicyclic amines) is 1. The Bertz CT molecular complexity index is 1190. The summed E-state index contributed by atoms with van der Waals surface area (Å²) in [5.41, 5.74) is 1.14. The molecule has 8 nitrogen and oxygen atoms in total. The van der Waals surface area contributed by atoms with Gasteiger partial charge in [-0.05, 0) is 55.8 Å². The summed E-state index contributed by atoms with van der Waals surface area (Å²) in [6.07, 6.45) is 5.02. The Balaban J connectivity index is 2.05. The maximum Gasteiger partial charge on any atom is 0.295 e. The molecule has 224 valence electrons. The first kappa shape index (κ1) is 32.0. The van der Waals surface area contributed by atoms with E-state index in [4.69, 9.17) is 14.2 Å². The first-order chi connectivity index (χ1) is 19.9. The third-order valence-electron chi connectivity index (χ3n) is 7.47. The van der Waals surface area contributed by atoms with Gasteiger partial charge in [0.25, 0.3) is 11.7 Å². The lowest BCUT2D eigenvalue weighted by Crippen LogP contribution is -2.38. The molecule has 1 unspecified atom stereocenters. The highest BCUT2D eigenvalue weighted by atomic mass is 16.5. The molecule has 1 atom stereocenters. The van der Waals surface area contributed by atoms with Crippen LogP contribution in [0.25, 0.3) is 5.76 Å². The number of rotatable bonds is 17. The number of likely N-dealkylation sites (N-methyl/N-ethyl adjacent to an activating group) is 1. The van der Waals surface area contributed by atoms with Crippen molar-refractivity contribution in [3.63, 3.8) is 0 Å². The minimum Gasteiger partial charge on any atom is -0.507 e. The summed E-state index contributed by atoms with van der Waals surface area (Å²) in [5.74, 6) is 0.157. The van der Waals surface area contributed by atoms with Gasteiger partial charge in [-0.25, -0.2) is 0 Å². The third kappa shape index (κ3) is 8.03. The number of hydrogen-bond donors (Lipinski definition) is 1. The van der Waals surface area contributed by atoms with Crippen molar-refractivity contribution in [3.05, 3.63) is 59.2 Å². The maximum absolute atomic E-state index is 13.5. The normalized spacial score (nSPS) is 16.4. The SMILES string of the molecule is CCCCCOc1ccc(C2/C(=C(\O)c3cccc(OCCCC)c3)C(=O)C(=O)N2CCN(CC)CC)cc1OC. The summed E-state index contributed by atoms with van der Waals surface area (Å²) >= 11 is 0. The van der Waals surface area contributed by atoms with Gasteiger partial charge in [0.1, 0.15) is 11.5 Å². The van der Waals surface area contributed by atoms with Gasteiger partial charge in [0.2, 0.25) is 0 Å². The Morgan fingerprint density at radius 1 is 0.902 bits per heavy atom. The number of carbonyl (C=O) groups excluding carboxylic acids is 2.